The van der Waals surface area contributed by atoms with Crippen molar-refractivity contribution in [1.29, 1.82) is 0 Å². The Morgan fingerprint density at radius 1 is 1.10 bits per heavy atom. The second-order valence-corrected chi connectivity index (χ2v) is 7.33. The molecule has 1 N–H and O–H groups in total. The number of benzene rings is 1. The molecule has 114 valence electrons. The van der Waals surface area contributed by atoms with Gasteiger partial charge in [0.15, 0.2) is 4.34 Å². The smallest absolute Gasteiger partial charge is 0.206 e. The summed E-state index contributed by atoms with van der Waals surface area (Å²) in [7, 11) is 0. The number of nitrogens with zero attached hydrogens (tertiary/aromatic N) is 2. The fourth-order valence-corrected chi connectivity index (χ4v) is 3.65. The quantitative estimate of drug-likeness (QED) is 0.513. The summed E-state index contributed by atoms with van der Waals surface area (Å²) in [5.41, 5.74) is 2.63. The molecule has 3 nitrogen and oxygen atoms in total. The average molecular weight is 322 g/mol. The Balaban J connectivity index is 1.71. The first-order valence-electron chi connectivity index (χ1n) is 7.53. The Morgan fingerprint density at radius 2 is 1.90 bits per heavy atom. The molecule has 0 atom stereocenters. The molecular weight excluding hydrogens is 298 g/mol. The molecule has 0 fully saturated rings. The molecule has 0 saturated heterocycles. The van der Waals surface area contributed by atoms with Crippen LogP contribution in [0.2, 0.25) is 0 Å². The van der Waals surface area contributed by atoms with Gasteiger partial charge in [-0.3, -0.25) is 0 Å². The van der Waals surface area contributed by atoms with Crippen LogP contribution in [0.5, 0.6) is 0 Å². The van der Waals surface area contributed by atoms with Gasteiger partial charge in [0, 0.05) is 12.3 Å². The highest BCUT2D eigenvalue weighted by atomic mass is 32.2. The molecule has 0 aliphatic carbocycles. The average Bonchev–Trinajstić information content (AvgIpc) is 2.94. The number of anilines is 1. The van der Waals surface area contributed by atoms with E-state index in [9.17, 15) is 0 Å². The molecule has 0 aliphatic rings. The van der Waals surface area contributed by atoms with Gasteiger partial charge < -0.3 is 5.32 Å². The summed E-state index contributed by atoms with van der Waals surface area (Å²) < 4.78 is 1.03. The fourth-order valence-electron chi connectivity index (χ4n) is 1.92. The van der Waals surface area contributed by atoms with Gasteiger partial charge in [-0.25, -0.2) is 0 Å². The van der Waals surface area contributed by atoms with Crippen molar-refractivity contribution in [2.24, 2.45) is 0 Å². The van der Waals surface area contributed by atoms with Crippen LogP contribution < -0.4 is 5.32 Å². The minimum absolute atomic E-state index is 0.943. The van der Waals surface area contributed by atoms with Crippen molar-refractivity contribution in [3.05, 3.63) is 35.4 Å². The van der Waals surface area contributed by atoms with Crippen molar-refractivity contribution < 1.29 is 0 Å². The van der Waals surface area contributed by atoms with E-state index in [1.807, 2.05) is 0 Å². The van der Waals surface area contributed by atoms with Crippen LogP contribution in [-0.4, -0.2) is 16.7 Å². The highest BCUT2D eigenvalue weighted by Gasteiger charge is 2.04. The Labute approximate surface area is 135 Å². The van der Waals surface area contributed by atoms with Gasteiger partial charge >= 0.3 is 0 Å². The maximum absolute atomic E-state index is 4.23. The van der Waals surface area contributed by atoms with Crippen LogP contribution in [0.15, 0.2) is 28.6 Å². The van der Waals surface area contributed by atoms with Crippen molar-refractivity contribution >= 4 is 28.2 Å². The summed E-state index contributed by atoms with van der Waals surface area (Å²) in [5, 5.41) is 12.7. The number of hydrogen-bond donors (Lipinski definition) is 1. The monoisotopic (exact) mass is 321 g/mol. The predicted octanol–water partition coefficient (Wildman–Crippen LogP) is 5.13. The van der Waals surface area contributed by atoms with E-state index in [2.05, 4.69) is 53.6 Å². The Kier molecular flexibility index (Phi) is 7.03. The number of aromatic nitrogens is 2. The van der Waals surface area contributed by atoms with Crippen LogP contribution in [0, 0.1) is 6.92 Å². The molecule has 1 aromatic carbocycles. The maximum Gasteiger partial charge on any atom is 0.206 e. The van der Waals surface area contributed by atoms with Crippen LogP contribution in [-0.2, 0) is 5.75 Å². The molecule has 2 rings (SSSR count). The van der Waals surface area contributed by atoms with Gasteiger partial charge in [-0.2, -0.15) is 0 Å². The molecule has 5 heteroatoms. The third-order valence-corrected chi connectivity index (χ3v) is 5.28. The minimum atomic E-state index is 0.943. The van der Waals surface area contributed by atoms with E-state index < -0.39 is 0 Å². The van der Waals surface area contributed by atoms with Gasteiger partial charge in [0.25, 0.3) is 0 Å². The van der Waals surface area contributed by atoms with Gasteiger partial charge in [0.2, 0.25) is 5.13 Å². The highest BCUT2D eigenvalue weighted by Crippen LogP contribution is 2.28. The first-order chi connectivity index (χ1) is 10.3. The highest BCUT2D eigenvalue weighted by molar-refractivity contribution is 8.00. The lowest BCUT2D eigenvalue weighted by atomic mass is 10.2. The third kappa shape index (κ3) is 6.06. The van der Waals surface area contributed by atoms with E-state index in [0.717, 1.165) is 21.8 Å². The molecule has 0 spiro atoms. The second kappa shape index (κ2) is 9.05. The molecule has 0 aliphatic heterocycles. The minimum Gasteiger partial charge on any atom is -0.360 e. The molecule has 1 heterocycles. The Morgan fingerprint density at radius 3 is 2.67 bits per heavy atom. The number of aryl methyl sites for hydroxylation is 1. The molecule has 21 heavy (non-hydrogen) atoms. The van der Waals surface area contributed by atoms with Gasteiger partial charge in [0.05, 0.1) is 0 Å². The molecular formula is C16H23N3S2. The van der Waals surface area contributed by atoms with Crippen LogP contribution in [0.4, 0.5) is 5.13 Å². The Hall–Kier alpha value is -1.07. The lowest BCUT2D eigenvalue weighted by molar-refractivity contribution is 0.684. The fraction of sp³-hybridized carbons (Fsp3) is 0.500. The van der Waals surface area contributed by atoms with E-state index in [0.29, 0.717) is 0 Å². The number of thioether (sulfide) groups is 1. The van der Waals surface area contributed by atoms with Crippen LogP contribution in [0.3, 0.4) is 0 Å². The van der Waals surface area contributed by atoms with Crippen molar-refractivity contribution in [1.82, 2.24) is 10.2 Å². The summed E-state index contributed by atoms with van der Waals surface area (Å²) in [6.45, 7) is 5.34. The normalized spacial score (nSPS) is 10.8. The van der Waals surface area contributed by atoms with Crippen molar-refractivity contribution in [2.45, 2.75) is 49.6 Å². The van der Waals surface area contributed by atoms with Crippen molar-refractivity contribution in [3.63, 3.8) is 0 Å². The van der Waals surface area contributed by atoms with E-state index in [-0.39, 0.29) is 0 Å². The second-order valence-electron chi connectivity index (χ2n) is 5.13. The summed E-state index contributed by atoms with van der Waals surface area (Å²) in [4.78, 5) is 0. The standard InChI is InChI=1S/C16H23N3S2/c1-3-4-5-6-11-17-15-18-19-16(21-15)20-12-14-9-7-13(2)8-10-14/h7-10H,3-6,11-12H2,1-2H3,(H,17,18). The lowest BCUT2D eigenvalue weighted by Crippen LogP contribution is -2.00. The first-order valence-corrected chi connectivity index (χ1v) is 9.34. The van der Waals surface area contributed by atoms with Crippen molar-refractivity contribution in [2.75, 3.05) is 11.9 Å². The van der Waals surface area contributed by atoms with Gasteiger partial charge in [-0.05, 0) is 18.9 Å². The number of nitrogens with one attached hydrogen (secondary N) is 1. The first kappa shape index (κ1) is 16.3. The molecule has 0 radical (unpaired) electrons. The number of rotatable bonds is 9. The molecule has 0 saturated carbocycles. The molecule has 0 unspecified atom stereocenters. The van der Waals surface area contributed by atoms with E-state index >= 15 is 0 Å². The SMILES string of the molecule is CCCCCCNc1nnc(SCc2ccc(C)cc2)s1. The van der Waals surface area contributed by atoms with Crippen molar-refractivity contribution in [3.8, 4) is 0 Å². The molecule has 1 aromatic heterocycles. The Bertz CT molecular complexity index is 523. The van der Waals surface area contributed by atoms with E-state index in [1.54, 1.807) is 23.1 Å². The summed E-state index contributed by atoms with van der Waals surface area (Å²) >= 11 is 3.40. The topological polar surface area (TPSA) is 37.8 Å². The van der Waals surface area contributed by atoms with Crippen LogP contribution >= 0.6 is 23.1 Å². The predicted molar refractivity (Wildman–Crippen MR) is 93.3 cm³/mol. The summed E-state index contributed by atoms with van der Waals surface area (Å²) in [6, 6.07) is 8.66. The number of hydrogen-bond acceptors (Lipinski definition) is 5. The zero-order chi connectivity index (χ0) is 14.9. The molecule has 0 amide bonds. The van der Waals surface area contributed by atoms with Gasteiger partial charge in [0.1, 0.15) is 0 Å². The van der Waals surface area contributed by atoms with Gasteiger partial charge in [-0.15, -0.1) is 10.2 Å². The largest absolute Gasteiger partial charge is 0.360 e. The zero-order valence-corrected chi connectivity index (χ0v) is 14.4. The molecule has 2 aromatic rings. The lowest BCUT2D eigenvalue weighted by Gasteiger charge is -2.00. The zero-order valence-electron chi connectivity index (χ0n) is 12.8. The van der Waals surface area contributed by atoms with E-state index in [1.165, 1.54) is 36.8 Å². The maximum atomic E-state index is 4.23. The molecule has 0 bridgehead atoms. The van der Waals surface area contributed by atoms with E-state index in [4.69, 9.17) is 0 Å². The van der Waals surface area contributed by atoms with Crippen LogP contribution in [0.25, 0.3) is 0 Å². The summed E-state index contributed by atoms with van der Waals surface area (Å²) in [6.07, 6.45) is 5.09. The van der Waals surface area contributed by atoms with Crippen LogP contribution in [0.1, 0.15) is 43.7 Å². The summed E-state index contributed by atoms with van der Waals surface area (Å²) in [5.74, 6) is 0.950. The third-order valence-electron chi connectivity index (χ3n) is 3.20. The van der Waals surface area contributed by atoms with Gasteiger partial charge in [-0.1, -0.05) is 79.1 Å². The number of unbranched alkanes of at least 4 members (excludes halogenated alkanes) is 3.